The molecule has 7 nitrogen and oxygen atoms in total. The molecule has 22 heavy (non-hydrogen) atoms. The van der Waals surface area contributed by atoms with E-state index >= 15 is 0 Å². The summed E-state index contributed by atoms with van der Waals surface area (Å²) in [5, 5.41) is 20.6. The largest absolute Gasteiger partial charge is 0.392 e. The molecule has 1 heterocycles. The average molecular weight is 309 g/mol. The lowest BCUT2D eigenvalue weighted by Crippen LogP contribution is -2.50. The summed E-state index contributed by atoms with van der Waals surface area (Å²) in [4.78, 5) is 14.4. The molecule has 1 aromatic rings. The smallest absolute Gasteiger partial charge is 0.318 e. The molecule has 1 saturated carbocycles. The van der Waals surface area contributed by atoms with Gasteiger partial charge in [0.2, 0.25) is 0 Å². The average Bonchev–Trinajstić information content (AvgIpc) is 2.91. The van der Waals surface area contributed by atoms with Gasteiger partial charge in [-0.05, 0) is 26.7 Å². The molecule has 0 spiro atoms. The molecule has 2 atom stereocenters. The highest BCUT2D eigenvalue weighted by Crippen LogP contribution is 2.23. The maximum absolute atomic E-state index is 12.6. The van der Waals surface area contributed by atoms with Crippen LogP contribution in [-0.2, 0) is 7.05 Å². The van der Waals surface area contributed by atoms with Crippen LogP contribution in [0.15, 0.2) is 6.33 Å². The van der Waals surface area contributed by atoms with Crippen molar-refractivity contribution in [2.24, 2.45) is 7.05 Å². The lowest BCUT2D eigenvalue weighted by atomic mass is 9.94. The lowest BCUT2D eigenvalue weighted by Gasteiger charge is -2.35. The molecule has 124 valence electrons. The Morgan fingerprint density at radius 2 is 2.14 bits per heavy atom. The monoisotopic (exact) mass is 309 g/mol. The first-order chi connectivity index (χ1) is 10.5. The number of aliphatic hydroxyl groups is 1. The van der Waals surface area contributed by atoms with E-state index in [0.29, 0.717) is 12.4 Å². The molecular weight excluding hydrogens is 282 g/mol. The number of rotatable bonds is 5. The number of aliphatic hydroxyl groups excluding tert-OH is 1. The third kappa shape index (κ3) is 4.19. The number of carbonyl (C=O) groups excluding carboxylic acids is 1. The number of nitrogens with zero attached hydrogens (tertiary/aromatic N) is 4. The van der Waals surface area contributed by atoms with Crippen LogP contribution in [0, 0.1) is 0 Å². The molecule has 2 rings (SSSR count). The van der Waals surface area contributed by atoms with Crippen LogP contribution in [0.3, 0.4) is 0 Å². The maximum atomic E-state index is 12.6. The van der Waals surface area contributed by atoms with Crippen molar-refractivity contribution >= 4 is 6.03 Å². The van der Waals surface area contributed by atoms with Gasteiger partial charge in [-0.15, -0.1) is 10.2 Å². The number of urea groups is 1. The van der Waals surface area contributed by atoms with Crippen LogP contribution < -0.4 is 5.32 Å². The van der Waals surface area contributed by atoms with Gasteiger partial charge in [0.15, 0.2) is 5.82 Å². The van der Waals surface area contributed by atoms with Gasteiger partial charge in [0.25, 0.3) is 0 Å². The van der Waals surface area contributed by atoms with Crippen LogP contribution >= 0.6 is 0 Å². The van der Waals surface area contributed by atoms with Crippen molar-refractivity contribution in [2.45, 2.75) is 64.1 Å². The Morgan fingerprint density at radius 3 is 2.68 bits per heavy atom. The van der Waals surface area contributed by atoms with Gasteiger partial charge in [0.1, 0.15) is 6.33 Å². The Kier molecular flexibility index (Phi) is 5.76. The van der Waals surface area contributed by atoms with Crippen LogP contribution in [0.1, 0.15) is 57.8 Å². The highest BCUT2D eigenvalue weighted by Gasteiger charge is 2.27. The summed E-state index contributed by atoms with van der Waals surface area (Å²) in [5.74, 6) is 0.717. The summed E-state index contributed by atoms with van der Waals surface area (Å²) >= 11 is 0. The number of hydrogen-bond acceptors (Lipinski definition) is 4. The second kappa shape index (κ2) is 7.58. The van der Waals surface area contributed by atoms with E-state index in [-0.39, 0.29) is 18.1 Å². The predicted molar refractivity (Wildman–Crippen MR) is 83.2 cm³/mol. The predicted octanol–water partition coefficient (Wildman–Crippen LogP) is 1.60. The van der Waals surface area contributed by atoms with Crippen molar-refractivity contribution in [1.29, 1.82) is 0 Å². The first-order valence-corrected chi connectivity index (χ1v) is 8.08. The summed E-state index contributed by atoms with van der Waals surface area (Å²) in [7, 11) is 1.85. The van der Waals surface area contributed by atoms with Crippen molar-refractivity contribution in [2.75, 3.05) is 6.54 Å². The summed E-state index contributed by atoms with van der Waals surface area (Å²) in [6.07, 6.45) is 6.64. The molecule has 0 radical (unpaired) electrons. The van der Waals surface area contributed by atoms with Gasteiger partial charge in [-0.1, -0.05) is 19.3 Å². The number of nitrogens with one attached hydrogen (secondary N) is 1. The number of carbonyl (C=O) groups is 1. The molecule has 0 saturated heterocycles. The number of hydrogen-bond donors (Lipinski definition) is 2. The molecule has 1 fully saturated rings. The van der Waals surface area contributed by atoms with E-state index < -0.39 is 6.10 Å². The molecule has 2 amide bonds. The molecule has 0 bridgehead atoms. The number of amides is 2. The molecule has 1 aliphatic rings. The first kappa shape index (κ1) is 16.7. The number of aromatic nitrogens is 3. The van der Waals surface area contributed by atoms with Crippen molar-refractivity contribution in [3.05, 3.63) is 12.2 Å². The zero-order valence-corrected chi connectivity index (χ0v) is 13.7. The molecule has 0 aromatic carbocycles. The van der Waals surface area contributed by atoms with Crippen LogP contribution in [0.2, 0.25) is 0 Å². The van der Waals surface area contributed by atoms with E-state index in [1.807, 2.05) is 14.0 Å². The lowest BCUT2D eigenvalue weighted by molar-refractivity contribution is 0.0978. The minimum atomic E-state index is -0.530. The second-order valence-electron chi connectivity index (χ2n) is 6.26. The molecular formula is C15H27N5O2. The molecule has 1 aromatic heterocycles. The molecule has 7 heteroatoms. The second-order valence-corrected chi connectivity index (χ2v) is 6.26. The highest BCUT2D eigenvalue weighted by molar-refractivity contribution is 5.75. The normalized spacial score (nSPS) is 18.7. The van der Waals surface area contributed by atoms with E-state index in [0.717, 1.165) is 25.7 Å². The van der Waals surface area contributed by atoms with Crippen molar-refractivity contribution in [1.82, 2.24) is 25.0 Å². The molecule has 2 N–H and O–H groups in total. The summed E-state index contributed by atoms with van der Waals surface area (Å²) in [6.45, 7) is 3.97. The van der Waals surface area contributed by atoms with Crippen LogP contribution in [-0.4, -0.2) is 49.5 Å². The van der Waals surface area contributed by atoms with Gasteiger partial charge < -0.3 is 19.9 Å². The third-order valence-corrected chi connectivity index (χ3v) is 4.21. The summed E-state index contributed by atoms with van der Waals surface area (Å²) < 4.78 is 1.80. The highest BCUT2D eigenvalue weighted by atomic mass is 16.3. The topological polar surface area (TPSA) is 83.3 Å². The quantitative estimate of drug-likeness (QED) is 0.865. The van der Waals surface area contributed by atoms with E-state index in [4.69, 9.17) is 0 Å². The van der Waals surface area contributed by atoms with Crippen molar-refractivity contribution < 1.29 is 9.90 Å². The van der Waals surface area contributed by atoms with Gasteiger partial charge in [0, 0.05) is 19.6 Å². The third-order valence-electron chi connectivity index (χ3n) is 4.21. The fourth-order valence-corrected chi connectivity index (χ4v) is 3.09. The van der Waals surface area contributed by atoms with E-state index in [2.05, 4.69) is 15.5 Å². The minimum absolute atomic E-state index is 0.136. The minimum Gasteiger partial charge on any atom is -0.392 e. The maximum Gasteiger partial charge on any atom is 0.318 e. The van der Waals surface area contributed by atoms with Crippen LogP contribution in [0.4, 0.5) is 4.79 Å². The zero-order valence-electron chi connectivity index (χ0n) is 13.7. The number of aryl methyl sites for hydroxylation is 1. The van der Waals surface area contributed by atoms with Gasteiger partial charge in [0.05, 0.1) is 12.1 Å². The molecule has 1 aliphatic carbocycles. The van der Waals surface area contributed by atoms with E-state index in [9.17, 15) is 9.90 Å². The Labute approximate surface area is 131 Å². The summed E-state index contributed by atoms with van der Waals surface area (Å²) in [5.41, 5.74) is 0. The van der Waals surface area contributed by atoms with Crippen molar-refractivity contribution in [3.8, 4) is 0 Å². The SMILES string of the molecule is C[C@H](NC(=O)N(C[C@@H](C)O)C1CCCCC1)c1nncn1C. The van der Waals surface area contributed by atoms with Gasteiger partial charge in [-0.3, -0.25) is 0 Å². The Morgan fingerprint density at radius 1 is 1.45 bits per heavy atom. The van der Waals surface area contributed by atoms with Gasteiger partial charge >= 0.3 is 6.03 Å². The Bertz CT molecular complexity index is 482. The molecule has 0 unspecified atom stereocenters. The fraction of sp³-hybridized carbons (Fsp3) is 0.800. The van der Waals surface area contributed by atoms with Crippen molar-refractivity contribution in [3.63, 3.8) is 0 Å². The van der Waals surface area contributed by atoms with Crippen LogP contribution in [0.5, 0.6) is 0 Å². The Hall–Kier alpha value is -1.63. The van der Waals surface area contributed by atoms with Gasteiger partial charge in [-0.2, -0.15) is 0 Å². The first-order valence-electron chi connectivity index (χ1n) is 8.08. The van der Waals surface area contributed by atoms with E-state index in [1.165, 1.54) is 6.42 Å². The zero-order chi connectivity index (χ0) is 16.1. The fourth-order valence-electron chi connectivity index (χ4n) is 3.09. The van der Waals surface area contributed by atoms with E-state index in [1.54, 1.807) is 22.7 Å². The standard InChI is InChI=1S/C15H27N5O2/c1-11(21)9-20(13-7-5-4-6-8-13)15(22)17-12(2)14-18-16-10-19(14)3/h10-13,21H,4-9H2,1-3H3,(H,17,22)/t11-,12+/m1/s1. The molecule has 0 aliphatic heterocycles. The van der Waals surface area contributed by atoms with Crippen LogP contribution in [0.25, 0.3) is 0 Å². The summed E-state index contributed by atoms with van der Waals surface area (Å²) in [6, 6.07) is -0.140. The van der Waals surface area contributed by atoms with Gasteiger partial charge in [-0.25, -0.2) is 4.79 Å². The Balaban J connectivity index is 2.03.